The Morgan fingerprint density at radius 3 is 1.89 bits per heavy atom. The summed E-state index contributed by atoms with van der Waals surface area (Å²) in [5.74, 6) is -2.34. The van der Waals surface area contributed by atoms with Gasteiger partial charge in [-0.15, -0.1) is 23.2 Å². The summed E-state index contributed by atoms with van der Waals surface area (Å²) in [4.78, 5) is 58.0. The molecule has 0 aliphatic rings. The number of esters is 3. The summed E-state index contributed by atoms with van der Waals surface area (Å²) >= 11 is 11.0. The lowest BCUT2D eigenvalue weighted by atomic mass is 10.1. The van der Waals surface area contributed by atoms with Crippen LogP contribution in [0.25, 0.3) is 0 Å². The maximum atomic E-state index is 12.3. The number of carbonyl (C=O) groups excluding carboxylic acids is 5. The molecule has 0 saturated carbocycles. The molecular weight excluding hydrogens is 533 g/mol. The highest BCUT2D eigenvalue weighted by atomic mass is 35.5. The second-order valence-corrected chi connectivity index (χ2v) is 8.71. The molecular formula is C24H39Cl2NO10. The van der Waals surface area contributed by atoms with E-state index in [1.54, 1.807) is 13.8 Å². The Labute approximate surface area is 228 Å². The third-order valence-corrected chi connectivity index (χ3v) is 5.11. The first kappa shape index (κ1) is 35.0. The van der Waals surface area contributed by atoms with Crippen LogP contribution in [0.3, 0.4) is 0 Å². The molecule has 11 nitrogen and oxygen atoms in total. The van der Waals surface area contributed by atoms with E-state index in [-0.39, 0.29) is 76.1 Å². The maximum Gasteiger partial charge on any atom is 0.328 e. The summed E-state index contributed by atoms with van der Waals surface area (Å²) in [6, 6.07) is -0.832. The van der Waals surface area contributed by atoms with Crippen molar-refractivity contribution in [3.05, 3.63) is 0 Å². The third kappa shape index (κ3) is 21.8. The van der Waals surface area contributed by atoms with E-state index in [0.717, 1.165) is 0 Å². The third-order valence-electron chi connectivity index (χ3n) is 4.57. The molecule has 0 heterocycles. The smallest absolute Gasteiger partial charge is 0.328 e. The highest BCUT2D eigenvalue weighted by Gasteiger charge is 2.21. The predicted octanol–water partition coefficient (Wildman–Crippen LogP) is 2.32. The van der Waals surface area contributed by atoms with E-state index in [4.69, 9.17) is 46.9 Å². The largest absolute Gasteiger partial charge is 0.463 e. The molecule has 0 rings (SSSR count). The molecule has 0 bridgehead atoms. The number of rotatable bonds is 23. The molecule has 214 valence electrons. The van der Waals surface area contributed by atoms with E-state index in [0.29, 0.717) is 32.1 Å². The van der Waals surface area contributed by atoms with Gasteiger partial charge in [0, 0.05) is 6.42 Å². The van der Waals surface area contributed by atoms with Crippen molar-refractivity contribution in [1.29, 1.82) is 0 Å². The number of amides is 1. The SMILES string of the molecule is CC(C)OC(=O)CCC(=O)OCCOCCOCCOC(=O)[C@H](CCCCCC(=O)CCl)NC(=O)CCl. The zero-order chi connectivity index (χ0) is 27.9. The van der Waals surface area contributed by atoms with E-state index in [1.165, 1.54) is 0 Å². The minimum Gasteiger partial charge on any atom is -0.463 e. The van der Waals surface area contributed by atoms with Crippen LogP contribution in [-0.2, 0) is 47.7 Å². The summed E-state index contributed by atoms with van der Waals surface area (Å²) in [6.45, 7) is 4.28. The quantitative estimate of drug-likeness (QED) is 0.0839. The second-order valence-electron chi connectivity index (χ2n) is 8.18. The van der Waals surface area contributed by atoms with Crippen molar-refractivity contribution in [2.45, 2.75) is 70.9 Å². The monoisotopic (exact) mass is 571 g/mol. The fourth-order valence-electron chi connectivity index (χ4n) is 2.83. The first-order chi connectivity index (χ1) is 17.7. The van der Waals surface area contributed by atoms with Gasteiger partial charge < -0.3 is 29.0 Å². The van der Waals surface area contributed by atoms with E-state index in [9.17, 15) is 24.0 Å². The van der Waals surface area contributed by atoms with E-state index >= 15 is 0 Å². The molecule has 0 aromatic heterocycles. The Hall–Kier alpha value is -1.95. The normalized spacial score (nSPS) is 11.6. The molecule has 0 aliphatic carbocycles. The standard InChI is InChI=1S/C24H39Cl2NO10/c1-18(2)37-23(31)9-8-22(30)35-14-12-33-10-11-34-13-15-36-24(32)20(27-21(29)17-26)7-5-3-4-6-19(28)16-25/h18,20H,3-17H2,1-2H3,(H,27,29)/t20-/m0/s1. The highest BCUT2D eigenvalue weighted by Crippen LogP contribution is 2.08. The van der Waals surface area contributed by atoms with Crippen LogP contribution < -0.4 is 5.32 Å². The van der Waals surface area contributed by atoms with Crippen LogP contribution in [0, 0.1) is 0 Å². The Kier molecular flexibility index (Phi) is 22.0. The van der Waals surface area contributed by atoms with Crippen molar-refractivity contribution in [3.63, 3.8) is 0 Å². The number of nitrogens with one attached hydrogen (secondary N) is 1. The number of carbonyl (C=O) groups is 5. The molecule has 0 radical (unpaired) electrons. The van der Waals surface area contributed by atoms with Crippen LogP contribution >= 0.6 is 23.2 Å². The lowest BCUT2D eigenvalue weighted by Gasteiger charge is -2.17. The highest BCUT2D eigenvalue weighted by molar-refractivity contribution is 6.27. The molecule has 37 heavy (non-hydrogen) atoms. The van der Waals surface area contributed by atoms with Crippen molar-refractivity contribution in [2.24, 2.45) is 0 Å². The van der Waals surface area contributed by atoms with Crippen molar-refractivity contribution >= 4 is 52.8 Å². The average Bonchev–Trinajstić information content (AvgIpc) is 2.86. The van der Waals surface area contributed by atoms with Crippen LogP contribution in [-0.4, -0.2) is 93.1 Å². The zero-order valence-electron chi connectivity index (χ0n) is 21.6. The molecule has 0 aromatic carbocycles. The van der Waals surface area contributed by atoms with Gasteiger partial charge in [-0.3, -0.25) is 19.2 Å². The fourth-order valence-corrected chi connectivity index (χ4v) is 3.04. The number of halogens is 2. The lowest BCUT2D eigenvalue weighted by Crippen LogP contribution is -2.42. The van der Waals surface area contributed by atoms with Gasteiger partial charge in [-0.25, -0.2) is 4.79 Å². The van der Waals surface area contributed by atoms with Gasteiger partial charge >= 0.3 is 17.9 Å². The van der Waals surface area contributed by atoms with Crippen molar-refractivity contribution in [3.8, 4) is 0 Å². The maximum absolute atomic E-state index is 12.3. The minimum absolute atomic E-state index is 0.00679. The van der Waals surface area contributed by atoms with Gasteiger partial charge in [0.25, 0.3) is 0 Å². The van der Waals surface area contributed by atoms with Crippen LogP contribution in [0.1, 0.15) is 58.8 Å². The van der Waals surface area contributed by atoms with Crippen molar-refractivity contribution in [2.75, 3.05) is 51.4 Å². The molecule has 0 saturated heterocycles. The number of hydrogen-bond donors (Lipinski definition) is 1. The number of alkyl halides is 2. The van der Waals surface area contributed by atoms with Gasteiger partial charge in [0.2, 0.25) is 5.91 Å². The van der Waals surface area contributed by atoms with Gasteiger partial charge in [0.05, 0.1) is 51.3 Å². The van der Waals surface area contributed by atoms with Crippen LogP contribution in [0.5, 0.6) is 0 Å². The van der Waals surface area contributed by atoms with Crippen LogP contribution in [0.15, 0.2) is 0 Å². The number of hydrogen-bond acceptors (Lipinski definition) is 10. The molecule has 1 amide bonds. The fraction of sp³-hybridized carbons (Fsp3) is 0.792. The summed E-state index contributed by atoms with van der Waals surface area (Å²) in [5, 5.41) is 2.53. The van der Waals surface area contributed by atoms with Gasteiger partial charge in [0.15, 0.2) is 0 Å². The first-order valence-electron chi connectivity index (χ1n) is 12.3. The lowest BCUT2D eigenvalue weighted by molar-refractivity contribution is -0.153. The number of Topliss-reactive ketones (excluding diaryl/α,β-unsaturated/α-hetero) is 1. The van der Waals surface area contributed by atoms with Crippen molar-refractivity contribution in [1.82, 2.24) is 5.32 Å². The van der Waals surface area contributed by atoms with Gasteiger partial charge in [0.1, 0.15) is 30.9 Å². The van der Waals surface area contributed by atoms with Crippen LogP contribution in [0.4, 0.5) is 0 Å². The Morgan fingerprint density at radius 2 is 1.30 bits per heavy atom. The number of ether oxygens (including phenoxy) is 5. The molecule has 13 heteroatoms. The van der Waals surface area contributed by atoms with Crippen LogP contribution in [0.2, 0.25) is 0 Å². The number of ketones is 1. The molecule has 1 N–H and O–H groups in total. The van der Waals surface area contributed by atoms with Gasteiger partial charge in [-0.1, -0.05) is 12.8 Å². The van der Waals surface area contributed by atoms with E-state index in [1.807, 2.05) is 0 Å². The van der Waals surface area contributed by atoms with E-state index < -0.39 is 29.9 Å². The molecule has 0 aliphatic heterocycles. The Bertz CT molecular complexity index is 690. The molecule has 1 atom stereocenters. The molecule has 0 fully saturated rings. The van der Waals surface area contributed by atoms with Gasteiger partial charge in [-0.2, -0.15) is 0 Å². The first-order valence-corrected chi connectivity index (χ1v) is 13.4. The minimum atomic E-state index is -0.832. The summed E-state index contributed by atoms with van der Waals surface area (Å²) in [6.07, 6.45) is 2.40. The summed E-state index contributed by atoms with van der Waals surface area (Å²) < 4.78 is 25.7. The zero-order valence-corrected chi connectivity index (χ0v) is 23.1. The Balaban J connectivity index is 3.88. The predicted molar refractivity (Wildman–Crippen MR) is 135 cm³/mol. The summed E-state index contributed by atoms with van der Waals surface area (Å²) in [5.41, 5.74) is 0. The molecule has 0 unspecified atom stereocenters. The average molecular weight is 572 g/mol. The van der Waals surface area contributed by atoms with Crippen molar-refractivity contribution < 1.29 is 47.7 Å². The second kappa shape index (κ2) is 23.2. The summed E-state index contributed by atoms with van der Waals surface area (Å²) in [7, 11) is 0. The van der Waals surface area contributed by atoms with E-state index in [2.05, 4.69) is 5.32 Å². The Morgan fingerprint density at radius 1 is 0.703 bits per heavy atom. The molecule has 0 spiro atoms. The van der Waals surface area contributed by atoms with Gasteiger partial charge in [-0.05, 0) is 26.7 Å². The molecule has 0 aromatic rings. The number of unbranched alkanes of at least 4 members (excludes halogenated alkanes) is 2. The topological polar surface area (TPSA) is 144 Å².